The third-order valence-electron chi connectivity index (χ3n) is 3.57. The fraction of sp³-hybridized carbons (Fsp3) is 0.500. The number of hydrogen-bond donors (Lipinski definition) is 2. The molecule has 1 aliphatic heterocycles. The summed E-state index contributed by atoms with van der Waals surface area (Å²) in [6.45, 7) is 6.22. The summed E-state index contributed by atoms with van der Waals surface area (Å²) < 4.78 is 13.5. The molecule has 1 aliphatic rings. The average Bonchev–Trinajstić information content (AvgIpc) is 2.56. The number of rotatable bonds is 3. The van der Waals surface area contributed by atoms with E-state index in [2.05, 4.69) is 18.7 Å². The Morgan fingerprint density at radius 2 is 2.17 bits per heavy atom. The van der Waals surface area contributed by atoms with Crippen molar-refractivity contribution in [3.05, 3.63) is 35.1 Å². The van der Waals surface area contributed by atoms with Crippen LogP contribution in [-0.4, -0.2) is 23.3 Å². The third kappa shape index (κ3) is 2.88. The number of nitrogens with two attached hydrogens (primary N) is 1. The van der Waals surface area contributed by atoms with Gasteiger partial charge in [0.2, 0.25) is 0 Å². The van der Waals surface area contributed by atoms with Gasteiger partial charge in [0, 0.05) is 24.7 Å². The maximum absolute atomic E-state index is 13.5. The van der Waals surface area contributed by atoms with Crippen LogP contribution in [0.4, 0.5) is 4.39 Å². The Morgan fingerprint density at radius 3 is 2.72 bits per heavy atom. The number of likely N-dealkylation sites (tertiary alicyclic amines) is 1. The molecule has 0 radical (unpaired) electrons. The van der Waals surface area contributed by atoms with Crippen LogP contribution in [0.2, 0.25) is 0 Å². The molecule has 2 rings (SSSR count). The molecule has 0 amide bonds. The summed E-state index contributed by atoms with van der Waals surface area (Å²) in [6, 6.07) is 5.18. The second-order valence-corrected chi connectivity index (χ2v) is 5.38. The van der Waals surface area contributed by atoms with Gasteiger partial charge < -0.3 is 5.73 Å². The van der Waals surface area contributed by atoms with Crippen molar-refractivity contribution in [3.8, 4) is 0 Å². The summed E-state index contributed by atoms with van der Waals surface area (Å²) in [4.78, 5) is 2.35. The predicted octanol–water partition coefficient (Wildman–Crippen LogP) is 2.34. The zero-order valence-electron chi connectivity index (χ0n) is 10.9. The molecular formula is C14H20FN3. The van der Waals surface area contributed by atoms with Crippen LogP contribution in [0.5, 0.6) is 0 Å². The van der Waals surface area contributed by atoms with Gasteiger partial charge in [-0.2, -0.15) is 0 Å². The van der Waals surface area contributed by atoms with Gasteiger partial charge in [0.1, 0.15) is 11.7 Å². The number of amidine groups is 1. The highest BCUT2D eigenvalue weighted by molar-refractivity contribution is 5.95. The predicted molar refractivity (Wildman–Crippen MR) is 71.1 cm³/mol. The molecule has 0 spiro atoms. The van der Waals surface area contributed by atoms with E-state index in [1.165, 1.54) is 18.6 Å². The number of nitrogen functional groups attached to an aromatic ring is 1. The summed E-state index contributed by atoms with van der Waals surface area (Å²) in [5, 5.41) is 7.38. The highest BCUT2D eigenvalue weighted by Gasteiger charge is 2.25. The molecule has 18 heavy (non-hydrogen) atoms. The van der Waals surface area contributed by atoms with Gasteiger partial charge in [-0.05, 0) is 43.0 Å². The molecule has 2 atom stereocenters. The largest absolute Gasteiger partial charge is 0.384 e. The van der Waals surface area contributed by atoms with Gasteiger partial charge in [0.25, 0.3) is 0 Å². The van der Waals surface area contributed by atoms with E-state index in [-0.39, 0.29) is 11.7 Å². The SMILES string of the molecule is CC1CC(C)N(Cc2cc(F)cc(C(=N)N)c2)C1. The Balaban J connectivity index is 2.16. The molecule has 1 fully saturated rings. The molecule has 3 N–H and O–H groups in total. The number of nitrogens with zero attached hydrogens (tertiary/aromatic N) is 1. The van der Waals surface area contributed by atoms with E-state index in [0.29, 0.717) is 17.5 Å². The lowest BCUT2D eigenvalue weighted by molar-refractivity contribution is 0.256. The summed E-state index contributed by atoms with van der Waals surface area (Å²) in [5.74, 6) is 0.289. The fourth-order valence-corrected chi connectivity index (χ4v) is 2.74. The molecule has 2 unspecified atom stereocenters. The van der Waals surface area contributed by atoms with Crippen molar-refractivity contribution in [1.29, 1.82) is 5.41 Å². The zero-order chi connectivity index (χ0) is 13.3. The van der Waals surface area contributed by atoms with Crippen LogP contribution < -0.4 is 5.73 Å². The monoisotopic (exact) mass is 249 g/mol. The van der Waals surface area contributed by atoms with E-state index >= 15 is 0 Å². The highest BCUT2D eigenvalue weighted by atomic mass is 19.1. The Kier molecular flexibility index (Phi) is 3.66. The Labute approximate surface area is 107 Å². The molecule has 98 valence electrons. The van der Waals surface area contributed by atoms with Crippen molar-refractivity contribution in [2.75, 3.05) is 6.54 Å². The van der Waals surface area contributed by atoms with Crippen LogP contribution in [0.1, 0.15) is 31.4 Å². The standard InChI is InChI=1S/C14H20FN3/c1-9-3-10(2)18(7-9)8-11-4-12(14(16)17)6-13(15)5-11/h4-6,9-10H,3,7-8H2,1-2H3,(H3,16,17). The van der Waals surface area contributed by atoms with Gasteiger partial charge in [-0.25, -0.2) is 4.39 Å². The van der Waals surface area contributed by atoms with Crippen LogP contribution in [0.25, 0.3) is 0 Å². The van der Waals surface area contributed by atoms with Crippen LogP contribution in [0, 0.1) is 17.1 Å². The molecule has 3 nitrogen and oxygen atoms in total. The van der Waals surface area contributed by atoms with Crippen molar-refractivity contribution in [3.63, 3.8) is 0 Å². The van der Waals surface area contributed by atoms with E-state index < -0.39 is 0 Å². The smallest absolute Gasteiger partial charge is 0.124 e. The van der Waals surface area contributed by atoms with E-state index in [4.69, 9.17) is 11.1 Å². The van der Waals surface area contributed by atoms with Crippen LogP contribution in [0.15, 0.2) is 18.2 Å². The number of halogens is 1. The molecule has 1 aromatic rings. The summed E-state index contributed by atoms with van der Waals surface area (Å²) in [7, 11) is 0. The van der Waals surface area contributed by atoms with Crippen LogP contribution in [-0.2, 0) is 6.54 Å². The van der Waals surface area contributed by atoms with Crippen molar-refractivity contribution in [1.82, 2.24) is 4.90 Å². The molecule has 1 heterocycles. The molecule has 0 aliphatic carbocycles. The first kappa shape index (κ1) is 13.0. The van der Waals surface area contributed by atoms with Crippen molar-refractivity contribution in [2.24, 2.45) is 11.7 Å². The number of benzene rings is 1. The van der Waals surface area contributed by atoms with Crippen molar-refractivity contribution in [2.45, 2.75) is 32.9 Å². The Bertz CT molecular complexity index is 458. The van der Waals surface area contributed by atoms with Gasteiger partial charge in [-0.15, -0.1) is 0 Å². The number of nitrogens with one attached hydrogen (secondary N) is 1. The second kappa shape index (κ2) is 5.06. The van der Waals surface area contributed by atoms with E-state index in [0.717, 1.165) is 18.7 Å². The molecule has 0 saturated carbocycles. The van der Waals surface area contributed by atoms with Gasteiger partial charge >= 0.3 is 0 Å². The summed E-state index contributed by atoms with van der Waals surface area (Å²) >= 11 is 0. The minimum Gasteiger partial charge on any atom is -0.384 e. The lowest BCUT2D eigenvalue weighted by atomic mass is 10.1. The van der Waals surface area contributed by atoms with Crippen molar-refractivity contribution < 1.29 is 4.39 Å². The topological polar surface area (TPSA) is 53.1 Å². The zero-order valence-corrected chi connectivity index (χ0v) is 10.9. The molecular weight excluding hydrogens is 229 g/mol. The molecule has 0 bridgehead atoms. The first-order chi connectivity index (χ1) is 8.45. The first-order valence-corrected chi connectivity index (χ1v) is 6.33. The van der Waals surface area contributed by atoms with Crippen LogP contribution in [0.3, 0.4) is 0 Å². The Hall–Kier alpha value is -1.42. The third-order valence-corrected chi connectivity index (χ3v) is 3.57. The highest BCUT2D eigenvalue weighted by Crippen LogP contribution is 2.24. The lowest BCUT2D eigenvalue weighted by Gasteiger charge is -2.21. The number of hydrogen-bond acceptors (Lipinski definition) is 2. The van der Waals surface area contributed by atoms with Gasteiger partial charge in [0.05, 0.1) is 0 Å². The summed E-state index contributed by atoms with van der Waals surface area (Å²) in [6.07, 6.45) is 1.19. The van der Waals surface area contributed by atoms with Gasteiger partial charge in [-0.1, -0.05) is 6.92 Å². The van der Waals surface area contributed by atoms with E-state index in [9.17, 15) is 4.39 Å². The fourth-order valence-electron chi connectivity index (χ4n) is 2.74. The van der Waals surface area contributed by atoms with Gasteiger partial charge in [-0.3, -0.25) is 10.3 Å². The minimum absolute atomic E-state index is 0.0846. The normalized spacial score (nSPS) is 24.4. The van der Waals surface area contributed by atoms with Gasteiger partial charge in [0.15, 0.2) is 0 Å². The molecule has 0 aromatic heterocycles. The molecule has 4 heteroatoms. The summed E-state index contributed by atoms with van der Waals surface area (Å²) in [5.41, 5.74) is 6.76. The Morgan fingerprint density at radius 1 is 1.44 bits per heavy atom. The maximum atomic E-state index is 13.5. The minimum atomic E-state index is -0.322. The second-order valence-electron chi connectivity index (χ2n) is 5.38. The van der Waals surface area contributed by atoms with E-state index in [1.807, 2.05) is 0 Å². The molecule has 1 aromatic carbocycles. The molecule has 1 saturated heterocycles. The first-order valence-electron chi connectivity index (χ1n) is 6.33. The maximum Gasteiger partial charge on any atom is 0.124 e. The van der Waals surface area contributed by atoms with E-state index in [1.54, 1.807) is 6.07 Å². The van der Waals surface area contributed by atoms with Crippen molar-refractivity contribution >= 4 is 5.84 Å². The quantitative estimate of drug-likeness (QED) is 0.638. The van der Waals surface area contributed by atoms with Crippen LogP contribution >= 0.6 is 0 Å². The lowest BCUT2D eigenvalue weighted by Crippen LogP contribution is -2.26. The average molecular weight is 249 g/mol.